The van der Waals surface area contributed by atoms with Crippen molar-refractivity contribution in [1.29, 1.82) is 0 Å². The van der Waals surface area contributed by atoms with Gasteiger partial charge in [0.15, 0.2) is 5.82 Å². The van der Waals surface area contributed by atoms with Crippen molar-refractivity contribution in [1.82, 2.24) is 20.2 Å². The molecule has 0 amide bonds. The van der Waals surface area contributed by atoms with Gasteiger partial charge in [-0.3, -0.25) is 5.10 Å². The Labute approximate surface area is 151 Å². The van der Waals surface area contributed by atoms with Crippen LogP contribution in [0.4, 0.5) is 11.6 Å². The topological polar surface area (TPSA) is 92.5 Å². The average molecular weight is 344 g/mol. The van der Waals surface area contributed by atoms with Gasteiger partial charge in [-0.2, -0.15) is 5.10 Å². The Bertz CT molecular complexity index is 1010. The maximum absolute atomic E-state index is 5.57. The van der Waals surface area contributed by atoms with Crippen LogP contribution in [0.25, 0.3) is 22.3 Å². The zero-order valence-corrected chi connectivity index (χ0v) is 14.3. The summed E-state index contributed by atoms with van der Waals surface area (Å²) in [6, 6.07) is 19.9. The van der Waals surface area contributed by atoms with Crippen LogP contribution in [-0.4, -0.2) is 26.7 Å². The molecule has 4 aromatic rings. The van der Waals surface area contributed by atoms with Crippen LogP contribution >= 0.6 is 0 Å². The van der Waals surface area contributed by atoms with E-state index in [1.165, 1.54) is 0 Å². The Morgan fingerprint density at radius 1 is 0.962 bits per heavy atom. The molecule has 0 aliphatic carbocycles. The van der Waals surface area contributed by atoms with Gasteiger partial charge in [0.05, 0.1) is 11.2 Å². The number of rotatable bonds is 6. The molecule has 0 unspecified atom stereocenters. The summed E-state index contributed by atoms with van der Waals surface area (Å²) in [4.78, 5) is 9.45. The highest BCUT2D eigenvalue weighted by atomic mass is 15.2. The van der Waals surface area contributed by atoms with E-state index in [1.54, 1.807) is 0 Å². The molecule has 0 saturated heterocycles. The molecular formula is C20H20N6. The lowest BCUT2D eigenvalue weighted by Gasteiger charge is -2.09. The summed E-state index contributed by atoms with van der Waals surface area (Å²) >= 11 is 0. The van der Waals surface area contributed by atoms with Gasteiger partial charge in [0.2, 0.25) is 0 Å². The molecule has 0 aliphatic heterocycles. The van der Waals surface area contributed by atoms with Crippen molar-refractivity contribution >= 4 is 22.5 Å². The summed E-state index contributed by atoms with van der Waals surface area (Å²) in [5.74, 6) is 2.25. The van der Waals surface area contributed by atoms with Gasteiger partial charge >= 0.3 is 0 Å². The highest BCUT2D eigenvalue weighted by Crippen LogP contribution is 2.26. The minimum atomic E-state index is 0.659. The number of benzene rings is 2. The third kappa shape index (κ3) is 3.41. The normalized spacial score (nSPS) is 11.0. The van der Waals surface area contributed by atoms with E-state index in [-0.39, 0.29) is 0 Å². The lowest BCUT2D eigenvalue weighted by Crippen LogP contribution is -2.00. The Morgan fingerprint density at radius 2 is 1.77 bits per heavy atom. The van der Waals surface area contributed by atoms with Gasteiger partial charge in [-0.1, -0.05) is 42.5 Å². The summed E-state index contributed by atoms with van der Waals surface area (Å²) in [7, 11) is 0. The SMILES string of the molecule is NCCCc1cc(Nc2nc(-c3ccccc3)nc3ccccc23)[nH]n1. The van der Waals surface area contributed by atoms with Crippen LogP contribution in [0.3, 0.4) is 0 Å². The molecule has 2 aromatic carbocycles. The van der Waals surface area contributed by atoms with Gasteiger partial charge in [0, 0.05) is 17.0 Å². The minimum absolute atomic E-state index is 0.659. The zero-order valence-electron chi connectivity index (χ0n) is 14.3. The predicted molar refractivity (Wildman–Crippen MR) is 104 cm³/mol. The van der Waals surface area contributed by atoms with Gasteiger partial charge in [0.25, 0.3) is 0 Å². The second-order valence-electron chi connectivity index (χ2n) is 6.07. The number of aryl methyl sites for hydroxylation is 1. The quantitative estimate of drug-likeness (QED) is 0.496. The first-order valence-electron chi connectivity index (χ1n) is 8.67. The van der Waals surface area contributed by atoms with E-state index >= 15 is 0 Å². The van der Waals surface area contributed by atoms with Gasteiger partial charge in [-0.15, -0.1) is 0 Å². The molecule has 0 aliphatic rings. The van der Waals surface area contributed by atoms with Crippen LogP contribution in [0.15, 0.2) is 60.7 Å². The highest BCUT2D eigenvalue weighted by Gasteiger charge is 2.10. The second-order valence-corrected chi connectivity index (χ2v) is 6.07. The molecule has 4 N–H and O–H groups in total. The van der Waals surface area contributed by atoms with Crippen molar-refractivity contribution in [3.63, 3.8) is 0 Å². The highest BCUT2D eigenvalue weighted by molar-refractivity contribution is 5.91. The number of hydrogen-bond donors (Lipinski definition) is 3. The van der Waals surface area contributed by atoms with E-state index in [4.69, 9.17) is 15.7 Å². The summed E-state index contributed by atoms with van der Waals surface area (Å²) in [6.45, 7) is 0.659. The number of anilines is 2. The third-order valence-electron chi connectivity index (χ3n) is 4.16. The van der Waals surface area contributed by atoms with Crippen LogP contribution in [0.5, 0.6) is 0 Å². The van der Waals surface area contributed by atoms with Crippen molar-refractivity contribution in [2.24, 2.45) is 5.73 Å². The van der Waals surface area contributed by atoms with Crippen molar-refractivity contribution in [2.45, 2.75) is 12.8 Å². The Balaban J connectivity index is 1.72. The fraction of sp³-hybridized carbons (Fsp3) is 0.150. The van der Waals surface area contributed by atoms with Gasteiger partial charge in [-0.05, 0) is 31.5 Å². The first-order valence-corrected chi connectivity index (χ1v) is 8.67. The van der Waals surface area contributed by atoms with Crippen molar-refractivity contribution in [3.8, 4) is 11.4 Å². The summed E-state index contributed by atoms with van der Waals surface area (Å²) in [6.07, 6.45) is 1.77. The summed E-state index contributed by atoms with van der Waals surface area (Å²) in [5.41, 5.74) is 8.43. The number of nitrogens with zero attached hydrogens (tertiary/aromatic N) is 3. The first kappa shape index (κ1) is 16.2. The molecule has 6 nitrogen and oxygen atoms in total. The monoisotopic (exact) mass is 344 g/mol. The van der Waals surface area contributed by atoms with E-state index < -0.39 is 0 Å². The molecule has 2 heterocycles. The molecule has 0 radical (unpaired) electrons. The number of aromatic nitrogens is 4. The molecule has 26 heavy (non-hydrogen) atoms. The van der Waals surface area contributed by atoms with Crippen molar-refractivity contribution in [3.05, 3.63) is 66.4 Å². The van der Waals surface area contributed by atoms with E-state index in [1.807, 2.05) is 60.7 Å². The van der Waals surface area contributed by atoms with E-state index in [2.05, 4.69) is 15.5 Å². The summed E-state index contributed by atoms with van der Waals surface area (Å²) in [5, 5.41) is 11.7. The fourth-order valence-corrected chi connectivity index (χ4v) is 2.85. The molecule has 0 atom stereocenters. The molecule has 130 valence electrons. The molecule has 0 bridgehead atoms. The Kier molecular flexibility index (Phi) is 4.57. The van der Waals surface area contributed by atoms with E-state index in [0.29, 0.717) is 12.4 Å². The Hall–Kier alpha value is -3.25. The maximum Gasteiger partial charge on any atom is 0.162 e. The van der Waals surface area contributed by atoms with E-state index in [0.717, 1.165) is 46.6 Å². The zero-order chi connectivity index (χ0) is 17.8. The van der Waals surface area contributed by atoms with Crippen LogP contribution in [0.1, 0.15) is 12.1 Å². The Morgan fingerprint density at radius 3 is 2.62 bits per heavy atom. The minimum Gasteiger partial charge on any atom is -0.330 e. The standard InChI is InChI=1S/C20H20N6/c21-12-6-9-15-13-18(26-25-15)23-20-16-10-4-5-11-17(16)22-19(24-20)14-7-2-1-3-8-14/h1-5,7-8,10-11,13H,6,9,12,21H2,(H2,22,23,24,25,26). The number of hydrogen-bond acceptors (Lipinski definition) is 5. The molecule has 6 heteroatoms. The number of nitrogens with two attached hydrogens (primary N) is 1. The van der Waals surface area contributed by atoms with Gasteiger partial charge < -0.3 is 11.1 Å². The number of nitrogens with one attached hydrogen (secondary N) is 2. The molecule has 2 aromatic heterocycles. The van der Waals surface area contributed by atoms with Crippen molar-refractivity contribution < 1.29 is 0 Å². The molecular weight excluding hydrogens is 324 g/mol. The predicted octanol–water partition coefficient (Wildman–Crippen LogP) is 3.65. The molecule has 0 fully saturated rings. The average Bonchev–Trinajstić information content (AvgIpc) is 3.14. The van der Waals surface area contributed by atoms with E-state index in [9.17, 15) is 0 Å². The second kappa shape index (κ2) is 7.33. The number of aromatic amines is 1. The maximum atomic E-state index is 5.57. The number of fused-ring (bicyclic) bond motifs is 1. The molecule has 0 spiro atoms. The number of para-hydroxylation sites is 1. The van der Waals surface area contributed by atoms with Gasteiger partial charge in [0.1, 0.15) is 11.6 Å². The molecule has 4 rings (SSSR count). The third-order valence-corrected chi connectivity index (χ3v) is 4.16. The van der Waals surface area contributed by atoms with Crippen LogP contribution in [-0.2, 0) is 6.42 Å². The molecule has 0 saturated carbocycles. The largest absolute Gasteiger partial charge is 0.330 e. The lowest BCUT2D eigenvalue weighted by atomic mass is 10.2. The van der Waals surface area contributed by atoms with Crippen LogP contribution < -0.4 is 11.1 Å². The lowest BCUT2D eigenvalue weighted by molar-refractivity contribution is 0.804. The number of H-pyrrole nitrogens is 1. The van der Waals surface area contributed by atoms with Crippen LogP contribution in [0.2, 0.25) is 0 Å². The smallest absolute Gasteiger partial charge is 0.162 e. The first-order chi connectivity index (χ1) is 12.8. The summed E-state index contributed by atoms with van der Waals surface area (Å²) < 4.78 is 0. The van der Waals surface area contributed by atoms with Crippen molar-refractivity contribution in [2.75, 3.05) is 11.9 Å². The van der Waals surface area contributed by atoms with Gasteiger partial charge in [-0.25, -0.2) is 9.97 Å². The fourth-order valence-electron chi connectivity index (χ4n) is 2.85. The van der Waals surface area contributed by atoms with Crippen LogP contribution in [0, 0.1) is 0 Å².